The Morgan fingerprint density at radius 2 is 1.11 bits per heavy atom. The van der Waals surface area contributed by atoms with E-state index in [1.54, 1.807) is 20.8 Å². The topological polar surface area (TPSA) is 154 Å². The van der Waals surface area contributed by atoms with Crippen LogP contribution in [0.2, 0.25) is 0 Å². The van der Waals surface area contributed by atoms with E-state index in [2.05, 4.69) is 5.32 Å². The zero-order valence-corrected chi connectivity index (χ0v) is 35.9. The number of benzene rings is 5. The van der Waals surface area contributed by atoms with E-state index in [0.717, 1.165) is 22.3 Å². The number of non-ortho nitro benzene ring substituents is 1. The Labute approximate surface area is 368 Å². The van der Waals surface area contributed by atoms with Gasteiger partial charge in [0.15, 0.2) is 0 Å². The Bertz CT molecular complexity index is 2140. The second-order valence-electron chi connectivity index (χ2n) is 16.3. The van der Waals surface area contributed by atoms with Crippen LogP contribution in [-0.4, -0.2) is 72.4 Å². The van der Waals surface area contributed by atoms with Crippen molar-refractivity contribution >= 4 is 17.7 Å². The van der Waals surface area contributed by atoms with Crippen LogP contribution in [0.1, 0.15) is 66.2 Å². The highest BCUT2D eigenvalue weighted by Gasteiger charge is 2.48. The van der Waals surface area contributed by atoms with Gasteiger partial charge in [-0.05, 0) is 68.0 Å². The van der Waals surface area contributed by atoms with Gasteiger partial charge >= 0.3 is 12.1 Å². The first-order chi connectivity index (χ1) is 30.5. The van der Waals surface area contributed by atoms with Crippen LogP contribution in [0.25, 0.3) is 0 Å². The molecule has 0 saturated carbocycles. The summed E-state index contributed by atoms with van der Waals surface area (Å²) in [6, 6.07) is 43.9. The van der Waals surface area contributed by atoms with Gasteiger partial charge in [-0.2, -0.15) is 0 Å². The monoisotopic (exact) mass is 860 g/mol. The number of hydrogen-bond donors (Lipinski definition) is 1. The largest absolute Gasteiger partial charge is 0.460 e. The molecule has 13 heteroatoms. The van der Waals surface area contributed by atoms with E-state index in [4.69, 9.17) is 33.2 Å². The van der Waals surface area contributed by atoms with Crippen LogP contribution >= 0.6 is 0 Å². The molecule has 332 valence electrons. The Kier molecular flexibility index (Phi) is 17.3. The SMILES string of the molecule is CC(C)(C)OC(=O)N[C@H](CC[C@@H]1O[C@H](COCc2ccccc2)[C@H](OCc2ccccc2)[C@H](OCc2ccccc2)[C@H]1OCc1ccccc1)COC(=O)c1ccc([N+](=O)[O-])cc1. The van der Waals surface area contributed by atoms with Crippen molar-refractivity contribution in [2.75, 3.05) is 13.2 Å². The van der Waals surface area contributed by atoms with Crippen LogP contribution in [0.4, 0.5) is 10.5 Å². The van der Waals surface area contributed by atoms with Crippen molar-refractivity contribution in [2.24, 2.45) is 0 Å². The molecular weight excluding hydrogens is 805 g/mol. The standard InChI is InChI=1S/C50H56N2O11/c1-50(2,3)63-49(54)51-41(34-61-48(53)40-24-27-42(28-25-40)52(55)56)26-29-43-45(58-31-37-18-10-5-11-19-37)47(60-33-39-22-14-7-15-23-39)46(59-32-38-20-12-6-13-21-38)44(62-43)35-57-30-36-16-8-4-9-17-36/h4-25,27-28,41,43-47H,26,29-35H2,1-3H3,(H,51,54)/t41-,43+,44-,45+,46+,47-/m1/s1. The molecule has 1 fully saturated rings. The van der Waals surface area contributed by atoms with Gasteiger partial charge in [0.2, 0.25) is 0 Å². The number of rotatable bonds is 21. The third kappa shape index (κ3) is 15.1. The predicted octanol–water partition coefficient (Wildman–Crippen LogP) is 9.17. The van der Waals surface area contributed by atoms with Crippen molar-refractivity contribution in [3.05, 3.63) is 184 Å². The number of ether oxygens (including phenoxy) is 7. The molecular formula is C50H56N2O11. The smallest absolute Gasteiger partial charge is 0.407 e. The van der Waals surface area contributed by atoms with Crippen molar-refractivity contribution in [3.63, 3.8) is 0 Å². The zero-order valence-electron chi connectivity index (χ0n) is 35.9. The quantitative estimate of drug-likeness (QED) is 0.0427. The van der Waals surface area contributed by atoms with Crippen LogP contribution < -0.4 is 5.32 Å². The van der Waals surface area contributed by atoms with Gasteiger partial charge in [-0.3, -0.25) is 10.1 Å². The molecule has 13 nitrogen and oxygen atoms in total. The van der Waals surface area contributed by atoms with Crippen molar-refractivity contribution < 1.29 is 47.7 Å². The van der Waals surface area contributed by atoms with Crippen LogP contribution in [0, 0.1) is 10.1 Å². The van der Waals surface area contributed by atoms with Gasteiger partial charge in [0.25, 0.3) is 5.69 Å². The molecule has 0 unspecified atom stereocenters. The van der Waals surface area contributed by atoms with Crippen LogP contribution in [0.5, 0.6) is 0 Å². The molecule has 6 rings (SSSR count). The van der Waals surface area contributed by atoms with E-state index in [9.17, 15) is 19.7 Å². The maximum atomic E-state index is 13.2. The number of alkyl carbamates (subject to hydrolysis) is 1. The lowest BCUT2D eigenvalue weighted by molar-refractivity contribution is -0.384. The van der Waals surface area contributed by atoms with E-state index in [-0.39, 0.29) is 50.7 Å². The maximum absolute atomic E-state index is 13.2. The third-order valence-corrected chi connectivity index (χ3v) is 10.2. The maximum Gasteiger partial charge on any atom is 0.407 e. The minimum absolute atomic E-state index is 0.125. The fraction of sp³-hybridized carbons (Fsp3) is 0.360. The summed E-state index contributed by atoms with van der Waals surface area (Å²) in [7, 11) is 0. The first-order valence-electron chi connectivity index (χ1n) is 21.2. The van der Waals surface area contributed by atoms with E-state index < -0.39 is 59.1 Å². The summed E-state index contributed by atoms with van der Waals surface area (Å²) < 4.78 is 45.2. The second kappa shape index (κ2) is 23.5. The number of nitrogens with one attached hydrogen (secondary N) is 1. The molecule has 1 aliphatic heterocycles. The number of nitrogens with zero attached hydrogens (tertiary/aromatic N) is 1. The average molecular weight is 861 g/mol. The molecule has 1 saturated heterocycles. The van der Waals surface area contributed by atoms with E-state index in [0.29, 0.717) is 13.0 Å². The molecule has 1 aliphatic rings. The summed E-state index contributed by atoms with van der Waals surface area (Å²) >= 11 is 0. The minimum atomic E-state index is -0.794. The first-order valence-corrected chi connectivity index (χ1v) is 21.2. The van der Waals surface area contributed by atoms with Crippen LogP contribution in [0.15, 0.2) is 146 Å². The number of amides is 1. The number of carbonyl (C=O) groups is 2. The second-order valence-corrected chi connectivity index (χ2v) is 16.3. The van der Waals surface area contributed by atoms with Gasteiger partial charge in [0.05, 0.1) is 55.7 Å². The number of nitro groups is 1. The van der Waals surface area contributed by atoms with Crippen molar-refractivity contribution in [1.29, 1.82) is 0 Å². The van der Waals surface area contributed by atoms with Gasteiger partial charge in [-0.25, -0.2) is 9.59 Å². The molecule has 6 atom stereocenters. The van der Waals surface area contributed by atoms with Crippen molar-refractivity contribution in [1.82, 2.24) is 5.32 Å². The van der Waals surface area contributed by atoms with Gasteiger partial charge in [0, 0.05) is 12.1 Å². The molecule has 0 spiro atoms. The van der Waals surface area contributed by atoms with E-state index in [1.807, 2.05) is 121 Å². The summed E-state index contributed by atoms with van der Waals surface area (Å²) in [6.07, 6.45) is -3.31. The molecule has 1 N–H and O–H groups in total. The fourth-order valence-corrected chi connectivity index (χ4v) is 7.13. The van der Waals surface area contributed by atoms with E-state index >= 15 is 0 Å². The van der Waals surface area contributed by atoms with Crippen molar-refractivity contribution in [2.45, 2.75) is 102 Å². The van der Waals surface area contributed by atoms with Crippen LogP contribution in [0.3, 0.4) is 0 Å². The third-order valence-electron chi connectivity index (χ3n) is 10.2. The molecule has 5 aromatic carbocycles. The lowest BCUT2D eigenvalue weighted by atomic mass is 9.91. The average Bonchev–Trinajstić information content (AvgIpc) is 3.29. The molecule has 1 amide bonds. The van der Waals surface area contributed by atoms with E-state index in [1.165, 1.54) is 24.3 Å². The molecule has 0 aromatic heterocycles. The molecule has 0 radical (unpaired) electrons. The van der Waals surface area contributed by atoms with Gasteiger partial charge in [-0.15, -0.1) is 0 Å². The molecule has 1 heterocycles. The number of nitro benzene ring substituents is 1. The molecule has 0 bridgehead atoms. The minimum Gasteiger partial charge on any atom is -0.460 e. The number of carbonyl (C=O) groups excluding carboxylic acids is 2. The fourth-order valence-electron chi connectivity index (χ4n) is 7.13. The molecule has 5 aromatic rings. The number of hydrogen-bond acceptors (Lipinski definition) is 11. The summed E-state index contributed by atoms with van der Waals surface area (Å²) in [5, 5.41) is 14.1. The Morgan fingerprint density at radius 1 is 0.651 bits per heavy atom. The predicted molar refractivity (Wildman–Crippen MR) is 236 cm³/mol. The highest BCUT2D eigenvalue weighted by atomic mass is 16.6. The summed E-state index contributed by atoms with van der Waals surface area (Å²) in [5.41, 5.74) is 3.08. The van der Waals surface area contributed by atoms with Crippen LogP contribution in [-0.2, 0) is 59.6 Å². The van der Waals surface area contributed by atoms with Gasteiger partial charge in [-0.1, -0.05) is 121 Å². The normalized spacial score (nSPS) is 19.1. The lowest BCUT2D eigenvalue weighted by Crippen LogP contribution is -2.61. The molecule has 0 aliphatic carbocycles. The van der Waals surface area contributed by atoms with Gasteiger partial charge < -0.3 is 38.5 Å². The summed E-state index contributed by atoms with van der Waals surface area (Å²) in [5.74, 6) is -0.706. The zero-order chi connectivity index (χ0) is 44.4. The lowest BCUT2D eigenvalue weighted by Gasteiger charge is -2.46. The summed E-state index contributed by atoms with van der Waals surface area (Å²) in [6.45, 7) is 6.38. The highest BCUT2D eigenvalue weighted by molar-refractivity contribution is 5.89. The summed E-state index contributed by atoms with van der Waals surface area (Å²) in [4.78, 5) is 37.0. The number of esters is 1. The first kappa shape index (κ1) is 46.5. The Balaban J connectivity index is 1.29. The molecule has 63 heavy (non-hydrogen) atoms. The van der Waals surface area contributed by atoms with Gasteiger partial charge in [0.1, 0.15) is 36.6 Å². The van der Waals surface area contributed by atoms with Crippen molar-refractivity contribution in [3.8, 4) is 0 Å². The highest BCUT2D eigenvalue weighted by Crippen LogP contribution is 2.33. The Hall–Kier alpha value is -5.96. The Morgan fingerprint density at radius 3 is 1.59 bits per heavy atom.